The highest BCUT2D eigenvalue weighted by atomic mass is 16.5. The molecule has 1 aromatic heterocycles. The van der Waals surface area contributed by atoms with E-state index in [1.807, 2.05) is 55.5 Å². The average Bonchev–Trinajstić information content (AvgIpc) is 3.33. The summed E-state index contributed by atoms with van der Waals surface area (Å²) >= 11 is 0. The number of para-hydroxylation sites is 1. The summed E-state index contributed by atoms with van der Waals surface area (Å²) in [6.45, 7) is 8.12. The number of aromatic nitrogens is 2. The lowest BCUT2D eigenvalue weighted by molar-refractivity contribution is -0.116. The number of hydrogen-bond donors (Lipinski definition) is 3. The number of benzene rings is 2. The zero-order valence-corrected chi connectivity index (χ0v) is 18.8. The summed E-state index contributed by atoms with van der Waals surface area (Å²) in [5.74, 6) is 1.38. The predicted molar refractivity (Wildman–Crippen MR) is 131 cm³/mol. The number of carbonyl (C=O) groups is 1. The van der Waals surface area contributed by atoms with Crippen LogP contribution in [0.15, 0.2) is 84.6 Å². The van der Waals surface area contributed by atoms with Crippen LogP contribution in [0.25, 0.3) is 0 Å². The number of hydrogen-bond acceptors (Lipinski definition) is 4. The van der Waals surface area contributed by atoms with Gasteiger partial charge in [-0.3, -0.25) is 9.48 Å². The highest BCUT2D eigenvalue weighted by molar-refractivity contribution is 5.90. The van der Waals surface area contributed by atoms with Gasteiger partial charge in [-0.15, -0.1) is 0 Å². The monoisotopic (exact) mass is 446 g/mol. The first-order chi connectivity index (χ1) is 16.2. The first-order valence-electron chi connectivity index (χ1n) is 10.9. The number of nitrogens with zero attached hydrogens (tertiary/aromatic N) is 3. The van der Waals surface area contributed by atoms with Gasteiger partial charge in [-0.2, -0.15) is 5.10 Å². The largest absolute Gasteiger partial charge is 0.489 e. The number of carbonyl (C=O) groups excluding carboxylic acids is 1. The molecule has 3 aromatic rings. The highest BCUT2D eigenvalue weighted by Gasteiger charge is 2.06. The van der Waals surface area contributed by atoms with Crippen molar-refractivity contribution < 1.29 is 9.53 Å². The lowest BCUT2D eigenvalue weighted by Gasteiger charge is -2.14. The quantitative estimate of drug-likeness (QED) is 0.239. The Labute approximate surface area is 194 Å². The molecule has 0 unspecified atom stereocenters. The third-order valence-corrected chi connectivity index (χ3v) is 4.62. The van der Waals surface area contributed by atoms with Crippen LogP contribution in [0.2, 0.25) is 0 Å². The average molecular weight is 447 g/mol. The van der Waals surface area contributed by atoms with Gasteiger partial charge < -0.3 is 20.7 Å². The minimum absolute atomic E-state index is 0.133. The molecule has 0 fully saturated rings. The fourth-order valence-electron chi connectivity index (χ4n) is 3.12. The van der Waals surface area contributed by atoms with Crippen molar-refractivity contribution in [3.63, 3.8) is 0 Å². The van der Waals surface area contributed by atoms with Crippen molar-refractivity contribution in [1.29, 1.82) is 0 Å². The minimum Gasteiger partial charge on any atom is -0.489 e. The molecule has 0 saturated carbocycles. The number of aliphatic imine (C=N–C) groups is 1. The van der Waals surface area contributed by atoms with Crippen molar-refractivity contribution in [3.8, 4) is 5.75 Å². The number of ether oxygens (including phenoxy) is 1. The molecule has 2 aromatic carbocycles. The van der Waals surface area contributed by atoms with Crippen LogP contribution in [0, 0.1) is 0 Å². The van der Waals surface area contributed by atoms with Gasteiger partial charge in [-0.25, -0.2) is 4.99 Å². The van der Waals surface area contributed by atoms with Crippen molar-refractivity contribution in [1.82, 2.24) is 20.4 Å². The van der Waals surface area contributed by atoms with Crippen LogP contribution < -0.4 is 20.7 Å². The summed E-state index contributed by atoms with van der Waals surface area (Å²) in [7, 11) is 0. The van der Waals surface area contributed by atoms with Gasteiger partial charge >= 0.3 is 0 Å². The predicted octanol–water partition coefficient (Wildman–Crippen LogP) is 3.34. The Morgan fingerprint density at radius 1 is 1.18 bits per heavy atom. The molecular formula is C25H30N6O2. The number of rotatable bonds is 11. The van der Waals surface area contributed by atoms with Crippen LogP contribution in [0.1, 0.15) is 18.1 Å². The van der Waals surface area contributed by atoms with Gasteiger partial charge in [-0.05, 0) is 36.8 Å². The molecule has 3 N–H and O–H groups in total. The van der Waals surface area contributed by atoms with Gasteiger partial charge in [-0.1, -0.05) is 43.0 Å². The Bertz CT molecular complexity index is 1060. The third-order valence-electron chi connectivity index (χ3n) is 4.62. The number of guanidine groups is 1. The van der Waals surface area contributed by atoms with E-state index in [0.717, 1.165) is 29.1 Å². The van der Waals surface area contributed by atoms with Crippen LogP contribution in [0.4, 0.5) is 5.69 Å². The molecule has 0 spiro atoms. The zero-order chi connectivity index (χ0) is 23.3. The Balaban J connectivity index is 1.59. The minimum atomic E-state index is -0.133. The van der Waals surface area contributed by atoms with E-state index in [2.05, 4.69) is 32.6 Å². The van der Waals surface area contributed by atoms with E-state index in [-0.39, 0.29) is 12.5 Å². The van der Waals surface area contributed by atoms with Crippen LogP contribution in [0.3, 0.4) is 0 Å². The second-order valence-corrected chi connectivity index (χ2v) is 7.21. The Morgan fingerprint density at radius 2 is 2.06 bits per heavy atom. The van der Waals surface area contributed by atoms with Crippen LogP contribution in [0.5, 0.6) is 5.75 Å². The van der Waals surface area contributed by atoms with Gasteiger partial charge in [0.2, 0.25) is 5.91 Å². The SMILES string of the molecule is C=CCOc1ccccc1CNC(=NCc1cccc(NC(=O)Cn2cccn2)c1)NCC. The van der Waals surface area contributed by atoms with E-state index in [9.17, 15) is 4.79 Å². The molecule has 8 nitrogen and oxygen atoms in total. The van der Waals surface area contributed by atoms with Crippen LogP contribution >= 0.6 is 0 Å². The molecular weight excluding hydrogens is 416 g/mol. The van der Waals surface area contributed by atoms with E-state index < -0.39 is 0 Å². The van der Waals surface area contributed by atoms with Gasteiger partial charge in [0.15, 0.2) is 5.96 Å². The van der Waals surface area contributed by atoms with E-state index in [1.165, 1.54) is 0 Å². The van der Waals surface area contributed by atoms with E-state index in [1.54, 1.807) is 29.2 Å². The molecule has 1 heterocycles. The topological polar surface area (TPSA) is 92.6 Å². The summed E-state index contributed by atoms with van der Waals surface area (Å²) in [5.41, 5.74) is 2.75. The molecule has 8 heteroatoms. The first-order valence-corrected chi connectivity index (χ1v) is 10.9. The Kier molecular flexibility index (Phi) is 9.08. The van der Waals surface area contributed by atoms with Gasteiger partial charge in [0.05, 0.1) is 6.54 Å². The maximum atomic E-state index is 12.2. The van der Waals surface area contributed by atoms with Gasteiger partial charge in [0.25, 0.3) is 0 Å². The fraction of sp³-hybridized carbons (Fsp3) is 0.240. The number of anilines is 1. The molecule has 1 amide bonds. The maximum absolute atomic E-state index is 12.2. The van der Waals surface area contributed by atoms with Crippen molar-refractivity contribution >= 4 is 17.6 Å². The van der Waals surface area contributed by atoms with Crippen molar-refractivity contribution in [2.24, 2.45) is 4.99 Å². The highest BCUT2D eigenvalue weighted by Crippen LogP contribution is 2.17. The Morgan fingerprint density at radius 3 is 2.85 bits per heavy atom. The van der Waals surface area contributed by atoms with E-state index >= 15 is 0 Å². The maximum Gasteiger partial charge on any atom is 0.246 e. The van der Waals surface area contributed by atoms with Crippen LogP contribution in [-0.4, -0.2) is 34.8 Å². The van der Waals surface area contributed by atoms with E-state index in [0.29, 0.717) is 25.7 Å². The summed E-state index contributed by atoms with van der Waals surface area (Å²) in [6, 6.07) is 17.3. The summed E-state index contributed by atoms with van der Waals surface area (Å²) < 4.78 is 7.31. The lowest BCUT2D eigenvalue weighted by atomic mass is 10.2. The van der Waals surface area contributed by atoms with Crippen molar-refractivity contribution in [2.75, 3.05) is 18.5 Å². The van der Waals surface area contributed by atoms with Crippen LogP contribution in [-0.2, 0) is 24.4 Å². The summed E-state index contributed by atoms with van der Waals surface area (Å²) in [6.07, 6.45) is 5.13. The normalized spacial score (nSPS) is 11.0. The summed E-state index contributed by atoms with van der Waals surface area (Å²) in [5, 5.41) is 13.6. The molecule has 0 aliphatic rings. The van der Waals surface area contributed by atoms with Gasteiger partial charge in [0.1, 0.15) is 18.9 Å². The molecule has 0 atom stereocenters. The third kappa shape index (κ3) is 7.84. The Hall–Kier alpha value is -4.07. The molecule has 33 heavy (non-hydrogen) atoms. The smallest absolute Gasteiger partial charge is 0.246 e. The molecule has 0 aliphatic heterocycles. The second kappa shape index (κ2) is 12.7. The molecule has 0 aliphatic carbocycles. The lowest BCUT2D eigenvalue weighted by Crippen LogP contribution is -2.36. The van der Waals surface area contributed by atoms with Crippen molar-refractivity contribution in [3.05, 3.63) is 90.8 Å². The first kappa shape index (κ1) is 23.6. The zero-order valence-electron chi connectivity index (χ0n) is 18.8. The van der Waals surface area contributed by atoms with E-state index in [4.69, 9.17) is 4.74 Å². The van der Waals surface area contributed by atoms with Crippen molar-refractivity contribution in [2.45, 2.75) is 26.6 Å². The second-order valence-electron chi connectivity index (χ2n) is 7.21. The molecule has 172 valence electrons. The fourth-order valence-corrected chi connectivity index (χ4v) is 3.12. The standard InChI is InChI=1S/C25H30N6O2/c1-3-15-33-23-12-6-5-10-21(23)18-28-25(26-4-2)27-17-20-9-7-11-22(16-20)30-24(32)19-31-14-8-13-29-31/h3,5-14,16H,1,4,15,17-19H2,2H3,(H,30,32)(H2,26,27,28). The molecule has 0 radical (unpaired) electrons. The summed E-state index contributed by atoms with van der Waals surface area (Å²) in [4.78, 5) is 16.9. The molecule has 3 rings (SSSR count). The number of amides is 1. The van der Waals surface area contributed by atoms with Gasteiger partial charge in [0, 0.05) is 36.7 Å². The molecule has 0 saturated heterocycles. The molecule has 0 bridgehead atoms. The number of nitrogens with one attached hydrogen (secondary N) is 3.